The number of furan rings is 1. The van der Waals surface area contributed by atoms with Crippen molar-refractivity contribution in [2.24, 2.45) is 0 Å². The molecule has 2 rings (SSSR count). The summed E-state index contributed by atoms with van der Waals surface area (Å²) in [7, 11) is 1.30. The fraction of sp³-hybridized carbons (Fsp3) is 0.462. The number of H-pyrrole nitrogens is 1. The zero-order valence-corrected chi connectivity index (χ0v) is 12.9. The Morgan fingerprint density at radius 1 is 1.57 bits per heavy atom. The molecular weight excluding hydrogens is 294 g/mol. The summed E-state index contributed by atoms with van der Waals surface area (Å²) < 4.78 is 11.6. The number of carbonyl (C=O) groups is 1. The minimum atomic E-state index is -0.513. The van der Waals surface area contributed by atoms with Gasteiger partial charge in [-0.25, -0.2) is 14.7 Å². The summed E-state index contributed by atoms with van der Waals surface area (Å²) in [6, 6.07) is 3.29. The zero-order valence-electron chi connectivity index (χ0n) is 12.1. The van der Waals surface area contributed by atoms with Crippen LogP contribution in [0.1, 0.15) is 41.8 Å². The third-order valence-electron chi connectivity index (χ3n) is 2.87. The summed E-state index contributed by atoms with van der Waals surface area (Å²) in [5.74, 6) is 0.271. The van der Waals surface area contributed by atoms with Crippen LogP contribution >= 0.6 is 11.8 Å². The van der Waals surface area contributed by atoms with Crippen molar-refractivity contribution >= 4 is 17.7 Å². The average molecular weight is 311 g/mol. The van der Waals surface area contributed by atoms with Gasteiger partial charge in [-0.15, -0.1) is 5.10 Å². The highest BCUT2D eigenvalue weighted by molar-refractivity contribution is 7.99. The summed E-state index contributed by atoms with van der Waals surface area (Å²) in [4.78, 5) is 23.0. The summed E-state index contributed by atoms with van der Waals surface area (Å²) in [5, 5.41) is 6.97. The van der Waals surface area contributed by atoms with Crippen LogP contribution in [0, 0.1) is 0 Å². The Balaban J connectivity index is 2.14. The van der Waals surface area contributed by atoms with Crippen molar-refractivity contribution in [3.63, 3.8) is 0 Å². The molecule has 2 heterocycles. The van der Waals surface area contributed by atoms with Crippen molar-refractivity contribution in [1.82, 2.24) is 14.8 Å². The molecule has 114 valence electrons. The SMILES string of the molecule is CCCn1c(S[C@H](C)c2ccc(C(=O)OC)o2)n[nH]c1=O. The first kappa shape index (κ1) is 15.4. The van der Waals surface area contributed by atoms with Gasteiger partial charge in [-0.1, -0.05) is 18.7 Å². The van der Waals surface area contributed by atoms with Gasteiger partial charge in [0.15, 0.2) is 5.16 Å². The lowest BCUT2D eigenvalue weighted by atomic mass is 10.3. The molecule has 0 saturated carbocycles. The first-order valence-corrected chi connectivity index (χ1v) is 7.44. The van der Waals surface area contributed by atoms with Crippen molar-refractivity contribution in [2.75, 3.05) is 7.11 Å². The molecule has 21 heavy (non-hydrogen) atoms. The molecule has 8 heteroatoms. The number of hydrogen-bond donors (Lipinski definition) is 1. The van der Waals surface area contributed by atoms with Crippen LogP contribution in [0.4, 0.5) is 0 Å². The van der Waals surface area contributed by atoms with Gasteiger partial charge in [-0.3, -0.25) is 4.57 Å². The van der Waals surface area contributed by atoms with Gasteiger partial charge in [-0.05, 0) is 25.5 Å². The van der Waals surface area contributed by atoms with E-state index in [9.17, 15) is 9.59 Å². The van der Waals surface area contributed by atoms with Gasteiger partial charge in [0, 0.05) is 6.54 Å². The van der Waals surface area contributed by atoms with Crippen LogP contribution in [0.2, 0.25) is 0 Å². The van der Waals surface area contributed by atoms with Crippen LogP contribution in [0.5, 0.6) is 0 Å². The number of hydrogen-bond acceptors (Lipinski definition) is 6. The Morgan fingerprint density at radius 3 is 3.00 bits per heavy atom. The first-order chi connectivity index (χ1) is 10.1. The number of methoxy groups -OCH3 is 1. The second-order valence-electron chi connectivity index (χ2n) is 4.42. The average Bonchev–Trinajstić information content (AvgIpc) is 3.08. The second-order valence-corrected chi connectivity index (χ2v) is 5.72. The number of carbonyl (C=O) groups excluding carboxylic acids is 1. The lowest BCUT2D eigenvalue weighted by Gasteiger charge is -2.08. The van der Waals surface area contributed by atoms with Crippen LogP contribution in [0.3, 0.4) is 0 Å². The Hall–Kier alpha value is -1.96. The summed E-state index contributed by atoms with van der Waals surface area (Å²) >= 11 is 1.39. The van der Waals surface area contributed by atoms with Crippen LogP contribution in [-0.4, -0.2) is 27.8 Å². The van der Waals surface area contributed by atoms with Crippen LogP contribution in [0.25, 0.3) is 0 Å². The normalized spacial score (nSPS) is 12.3. The van der Waals surface area contributed by atoms with Crippen LogP contribution < -0.4 is 5.69 Å². The van der Waals surface area contributed by atoms with Gasteiger partial charge >= 0.3 is 11.7 Å². The molecule has 0 aliphatic heterocycles. The number of aromatic nitrogens is 3. The van der Waals surface area contributed by atoms with Gasteiger partial charge in [-0.2, -0.15) is 0 Å². The maximum absolute atomic E-state index is 11.6. The summed E-state index contributed by atoms with van der Waals surface area (Å²) in [5.41, 5.74) is -0.221. The van der Waals surface area contributed by atoms with Crippen molar-refractivity contribution in [3.05, 3.63) is 34.1 Å². The van der Waals surface area contributed by atoms with Crippen LogP contribution in [-0.2, 0) is 11.3 Å². The van der Waals surface area contributed by atoms with Gasteiger partial charge in [0.1, 0.15) is 5.76 Å². The van der Waals surface area contributed by atoms with E-state index < -0.39 is 5.97 Å². The molecule has 1 atom stereocenters. The Morgan fingerprint density at radius 2 is 2.33 bits per heavy atom. The van der Waals surface area contributed by atoms with E-state index in [1.54, 1.807) is 16.7 Å². The molecule has 0 saturated heterocycles. The predicted octanol–water partition coefficient (Wildman–Crippen LogP) is 2.21. The Kier molecular flexibility index (Phi) is 4.89. The molecule has 0 aliphatic carbocycles. The van der Waals surface area contributed by atoms with E-state index in [1.165, 1.54) is 18.9 Å². The largest absolute Gasteiger partial charge is 0.463 e. The minimum Gasteiger partial charge on any atom is -0.463 e. The van der Waals surface area contributed by atoms with E-state index in [1.807, 2.05) is 13.8 Å². The van der Waals surface area contributed by atoms with E-state index in [2.05, 4.69) is 14.9 Å². The Bertz CT molecular complexity index is 673. The predicted molar refractivity (Wildman–Crippen MR) is 77.5 cm³/mol. The maximum atomic E-state index is 11.6. The highest BCUT2D eigenvalue weighted by Gasteiger charge is 2.19. The fourth-order valence-electron chi connectivity index (χ4n) is 1.81. The minimum absolute atomic E-state index is 0.0887. The topological polar surface area (TPSA) is 90.1 Å². The molecule has 0 spiro atoms. The number of thioether (sulfide) groups is 1. The number of nitrogens with one attached hydrogen (secondary N) is 1. The van der Waals surface area contributed by atoms with Gasteiger partial charge in [0.2, 0.25) is 5.76 Å². The third-order valence-corrected chi connectivity index (χ3v) is 3.98. The van der Waals surface area contributed by atoms with E-state index in [0.29, 0.717) is 17.5 Å². The number of aromatic amines is 1. The second kappa shape index (κ2) is 6.66. The van der Waals surface area contributed by atoms with Crippen molar-refractivity contribution in [1.29, 1.82) is 0 Å². The van der Waals surface area contributed by atoms with E-state index in [4.69, 9.17) is 4.42 Å². The van der Waals surface area contributed by atoms with E-state index in [0.717, 1.165) is 6.42 Å². The first-order valence-electron chi connectivity index (χ1n) is 6.56. The highest BCUT2D eigenvalue weighted by Crippen LogP contribution is 2.34. The van der Waals surface area contributed by atoms with Gasteiger partial charge < -0.3 is 9.15 Å². The molecule has 0 amide bonds. The maximum Gasteiger partial charge on any atom is 0.373 e. The summed E-state index contributed by atoms with van der Waals surface area (Å²) in [6.07, 6.45) is 0.842. The number of esters is 1. The fourth-order valence-corrected chi connectivity index (χ4v) is 2.77. The molecule has 7 nitrogen and oxygen atoms in total. The summed E-state index contributed by atoms with van der Waals surface area (Å²) in [6.45, 7) is 4.52. The smallest absolute Gasteiger partial charge is 0.373 e. The monoisotopic (exact) mass is 311 g/mol. The molecule has 0 bridgehead atoms. The molecule has 0 radical (unpaired) electrons. The van der Waals surface area contributed by atoms with Crippen molar-refractivity contribution in [2.45, 2.75) is 37.2 Å². The number of ether oxygens (including phenoxy) is 1. The lowest BCUT2D eigenvalue weighted by molar-refractivity contribution is 0.0563. The molecule has 2 aromatic rings. The molecule has 0 fully saturated rings. The van der Waals surface area contributed by atoms with Gasteiger partial charge in [0.05, 0.1) is 12.4 Å². The third kappa shape index (κ3) is 3.38. The molecule has 0 unspecified atom stereocenters. The molecule has 0 aromatic carbocycles. The highest BCUT2D eigenvalue weighted by atomic mass is 32.2. The molecule has 2 aromatic heterocycles. The lowest BCUT2D eigenvalue weighted by Crippen LogP contribution is -2.17. The van der Waals surface area contributed by atoms with E-state index in [-0.39, 0.29) is 16.7 Å². The quantitative estimate of drug-likeness (QED) is 0.650. The zero-order chi connectivity index (χ0) is 15.4. The number of nitrogens with zero attached hydrogens (tertiary/aromatic N) is 2. The van der Waals surface area contributed by atoms with Crippen molar-refractivity contribution in [3.8, 4) is 0 Å². The van der Waals surface area contributed by atoms with E-state index >= 15 is 0 Å². The Labute approximate surface area is 125 Å². The number of rotatable bonds is 6. The standard InChI is InChI=1S/C13H17N3O4S/c1-4-7-16-12(18)14-15-13(16)21-8(2)9-5-6-10(20-9)11(17)19-3/h5-6,8H,4,7H2,1-3H3,(H,14,18)/t8-/m1/s1. The molecule has 0 aliphatic rings. The molecular formula is C13H17N3O4S. The molecule has 1 N–H and O–H groups in total. The van der Waals surface area contributed by atoms with Crippen LogP contribution in [0.15, 0.2) is 26.5 Å². The van der Waals surface area contributed by atoms with Gasteiger partial charge in [0.25, 0.3) is 0 Å². The van der Waals surface area contributed by atoms with Crippen molar-refractivity contribution < 1.29 is 13.9 Å².